The van der Waals surface area contributed by atoms with Crippen molar-refractivity contribution in [2.45, 2.75) is 104 Å². The maximum Gasteiger partial charge on any atom is 2.00 e. The van der Waals surface area contributed by atoms with Gasteiger partial charge < -0.3 is 11.1 Å². The van der Waals surface area contributed by atoms with E-state index in [1.54, 1.807) is 0 Å². The van der Waals surface area contributed by atoms with Crippen LogP contribution in [0.4, 0.5) is 0 Å². The second-order valence-electron chi connectivity index (χ2n) is 8.70. The predicted molar refractivity (Wildman–Crippen MR) is 123 cm³/mol. The first kappa shape index (κ1) is 33.7. The van der Waals surface area contributed by atoms with Crippen molar-refractivity contribution in [3.8, 4) is 0 Å². The minimum Gasteiger partial charge on any atom is -0.313 e. The smallest absolute Gasteiger partial charge is 0.313 e. The Morgan fingerprint density at radius 3 is 0.833 bits per heavy atom. The van der Waals surface area contributed by atoms with E-state index in [0.717, 1.165) is 9.52 Å². The summed E-state index contributed by atoms with van der Waals surface area (Å²) in [6, 6.07) is 0. The Morgan fingerprint density at radius 1 is 0.583 bits per heavy atom. The maximum absolute atomic E-state index is 2.47. The maximum atomic E-state index is 2.47. The quantitative estimate of drug-likeness (QED) is 0.271. The van der Waals surface area contributed by atoms with E-state index >= 15 is 0 Å². The number of halogens is 2. The SMILES string of the molecule is C[SiH]C.C[Si](C)(C)[C-]1CCCC1.C[Si](C)(C)[C-]1CCCC1.Cl.Cl.[Zr+2]. The average molecular weight is 506 g/mol. The third-order valence-corrected chi connectivity index (χ3v) is 9.78. The summed E-state index contributed by atoms with van der Waals surface area (Å²) in [5.41, 5.74) is 3.84. The monoisotopic (exact) mass is 503 g/mol. The second-order valence-corrected chi connectivity index (χ2v) is 20.3. The summed E-state index contributed by atoms with van der Waals surface area (Å²) in [4.78, 5) is 0. The van der Waals surface area contributed by atoms with Crippen molar-refractivity contribution in [2.24, 2.45) is 0 Å². The minimum absolute atomic E-state index is 0. The summed E-state index contributed by atoms with van der Waals surface area (Å²) in [5, 5.41) is 0. The Labute approximate surface area is 190 Å². The molecule has 2 saturated carbocycles. The van der Waals surface area contributed by atoms with Gasteiger partial charge in [0.05, 0.1) is 0 Å². The molecule has 0 saturated heterocycles. The first-order chi connectivity index (χ1) is 9.62. The van der Waals surface area contributed by atoms with Crippen molar-refractivity contribution in [1.29, 1.82) is 0 Å². The number of rotatable bonds is 2. The van der Waals surface area contributed by atoms with Gasteiger partial charge in [-0.15, -0.1) is 24.8 Å². The van der Waals surface area contributed by atoms with Gasteiger partial charge in [-0.3, -0.25) is 0 Å². The zero-order valence-corrected chi connectivity index (χ0v) is 24.8. The number of hydrogen-bond acceptors (Lipinski definition) is 0. The minimum atomic E-state index is -0.807. The standard InChI is InChI=1S/2C8H17Si.C2H7Si.2ClH.Zr/c2*1-9(2,3)8-6-4-5-7-8;1-3-2;;;/h2*4-7H2,1-3H3;3H,1-2H3;2*1H;/q2*-1;;;;+2. The molecule has 0 aromatic heterocycles. The van der Waals surface area contributed by atoms with Crippen molar-refractivity contribution >= 4 is 50.5 Å². The Bertz CT molecular complexity index is 228. The zero-order chi connectivity index (χ0) is 16.5. The van der Waals surface area contributed by atoms with Crippen molar-refractivity contribution < 1.29 is 26.2 Å². The molecule has 0 aliphatic heterocycles. The van der Waals surface area contributed by atoms with E-state index in [9.17, 15) is 0 Å². The van der Waals surface area contributed by atoms with Crippen LogP contribution in [0.3, 0.4) is 0 Å². The van der Waals surface area contributed by atoms with E-state index in [0.29, 0.717) is 0 Å². The van der Waals surface area contributed by atoms with E-state index < -0.39 is 16.1 Å². The van der Waals surface area contributed by atoms with Crippen LogP contribution >= 0.6 is 24.8 Å². The first-order valence-electron chi connectivity index (χ1n) is 9.07. The van der Waals surface area contributed by atoms with E-state index in [4.69, 9.17) is 0 Å². The van der Waals surface area contributed by atoms with E-state index in [2.05, 4.69) is 52.4 Å². The van der Waals surface area contributed by atoms with Crippen molar-refractivity contribution in [3.63, 3.8) is 0 Å². The van der Waals surface area contributed by atoms with Gasteiger partial charge in [0.2, 0.25) is 0 Å². The van der Waals surface area contributed by atoms with Crippen LogP contribution in [0.15, 0.2) is 0 Å². The molecule has 24 heavy (non-hydrogen) atoms. The molecule has 6 heteroatoms. The summed E-state index contributed by atoms with van der Waals surface area (Å²) >= 11 is 0. The van der Waals surface area contributed by atoms with Crippen molar-refractivity contribution in [2.75, 3.05) is 0 Å². The average Bonchev–Trinajstić information content (AvgIpc) is 3.03. The zero-order valence-electron chi connectivity index (χ0n) is 17.6. The van der Waals surface area contributed by atoms with Gasteiger partial charge in [-0.05, 0) is 0 Å². The van der Waals surface area contributed by atoms with E-state index in [1.165, 1.54) is 51.4 Å². The topological polar surface area (TPSA) is 0 Å². The van der Waals surface area contributed by atoms with Crippen LogP contribution in [-0.4, -0.2) is 25.7 Å². The summed E-state index contributed by atoms with van der Waals surface area (Å²) in [7, 11) is -0.865. The largest absolute Gasteiger partial charge is 2.00 e. The molecule has 0 N–H and O–H groups in total. The molecule has 0 spiro atoms. The molecule has 0 nitrogen and oxygen atoms in total. The normalized spacial score (nSPS) is 18.0. The molecule has 0 amide bonds. The Morgan fingerprint density at radius 2 is 0.750 bits per heavy atom. The van der Waals surface area contributed by atoms with Crippen LogP contribution in [0, 0.1) is 11.1 Å². The molecular formula is C18H43Cl2Si3Zr. The fourth-order valence-electron chi connectivity index (χ4n) is 3.10. The molecule has 2 aliphatic rings. The van der Waals surface area contributed by atoms with Gasteiger partial charge in [0, 0.05) is 9.52 Å². The van der Waals surface area contributed by atoms with Gasteiger partial charge in [0.25, 0.3) is 0 Å². The molecule has 0 unspecified atom stereocenters. The van der Waals surface area contributed by atoms with Crippen LogP contribution < -0.4 is 0 Å². The summed E-state index contributed by atoms with van der Waals surface area (Å²) in [6.07, 6.45) is 11.7. The fourth-order valence-corrected chi connectivity index (χ4v) is 6.81. The van der Waals surface area contributed by atoms with E-state index in [-0.39, 0.29) is 51.0 Å². The van der Waals surface area contributed by atoms with Gasteiger partial charge in [-0.25, -0.2) is 0 Å². The summed E-state index contributed by atoms with van der Waals surface area (Å²) in [5.74, 6) is 0. The molecule has 0 atom stereocenters. The van der Waals surface area contributed by atoms with Crippen LogP contribution in [0.25, 0.3) is 0 Å². The van der Waals surface area contributed by atoms with Crippen LogP contribution in [0.5, 0.6) is 0 Å². The van der Waals surface area contributed by atoms with Gasteiger partial charge in [0.1, 0.15) is 0 Å². The summed E-state index contributed by atoms with van der Waals surface area (Å²) < 4.78 is 0. The van der Waals surface area contributed by atoms with Crippen LogP contribution in [-0.2, 0) is 26.2 Å². The molecule has 2 fully saturated rings. The first-order valence-corrected chi connectivity index (χ1v) is 18.4. The molecule has 0 heterocycles. The molecule has 0 aromatic rings. The molecule has 2 aliphatic carbocycles. The Kier molecular flexibility index (Phi) is 24.2. The van der Waals surface area contributed by atoms with Crippen molar-refractivity contribution in [1.82, 2.24) is 0 Å². The van der Waals surface area contributed by atoms with Gasteiger partial charge in [0.15, 0.2) is 0 Å². The molecule has 0 aromatic carbocycles. The van der Waals surface area contributed by atoms with Crippen LogP contribution in [0.1, 0.15) is 51.4 Å². The van der Waals surface area contributed by atoms with Crippen LogP contribution in [0.2, 0.25) is 52.4 Å². The van der Waals surface area contributed by atoms with Gasteiger partial charge in [-0.1, -0.05) is 94.2 Å². The molecular weight excluding hydrogens is 463 g/mol. The molecule has 1 radical (unpaired) electrons. The Hall–Kier alpha value is 2.11. The molecule has 145 valence electrons. The third-order valence-electron chi connectivity index (χ3n) is 4.54. The second kappa shape index (κ2) is 17.2. The van der Waals surface area contributed by atoms with Gasteiger partial charge >= 0.3 is 26.2 Å². The van der Waals surface area contributed by atoms with E-state index in [1.807, 2.05) is 11.1 Å². The number of hydrogen-bond donors (Lipinski definition) is 0. The Balaban J connectivity index is -0.000000130. The fraction of sp³-hybridized carbons (Fsp3) is 0.889. The third kappa shape index (κ3) is 16.3. The van der Waals surface area contributed by atoms with Crippen molar-refractivity contribution in [3.05, 3.63) is 11.1 Å². The predicted octanol–water partition coefficient (Wildman–Crippen LogP) is 7.38. The van der Waals surface area contributed by atoms with Gasteiger partial charge in [-0.2, -0.15) is 25.7 Å². The summed E-state index contributed by atoms with van der Waals surface area (Å²) in [6.45, 7) is 19.2. The molecule has 2 rings (SSSR count). The molecule has 0 bridgehead atoms.